The normalized spacial score (nSPS) is 17.4. The molecule has 0 saturated carbocycles. The number of nitrogens with zero attached hydrogens (tertiary/aromatic N) is 7. The number of carbonyl (C=O) groups excluding carboxylic acids is 3. The highest BCUT2D eigenvalue weighted by Gasteiger charge is 2.43. The number of hydrogen-bond acceptors (Lipinski definition) is 12. The first kappa shape index (κ1) is 48.6. The van der Waals surface area contributed by atoms with E-state index in [9.17, 15) is 14.4 Å². The molecular weight excluding hydrogens is 932 g/mol. The van der Waals surface area contributed by atoms with Crippen LogP contribution in [0, 0.1) is 39.5 Å². The van der Waals surface area contributed by atoms with Crippen molar-refractivity contribution in [2.45, 2.75) is 105 Å². The highest BCUT2D eigenvalue weighted by atomic mass is 35.5. The lowest BCUT2D eigenvalue weighted by molar-refractivity contribution is -0.140. The summed E-state index contributed by atoms with van der Waals surface area (Å²) >= 11 is 9.39. The number of thiazole rings is 1. The third kappa shape index (κ3) is 10.6. The van der Waals surface area contributed by atoms with Crippen molar-refractivity contribution in [3.63, 3.8) is 0 Å². The van der Waals surface area contributed by atoms with E-state index in [4.69, 9.17) is 25.9 Å². The molecule has 4 atom stereocenters. The first-order valence-electron chi connectivity index (χ1n) is 22.7. The zero-order chi connectivity index (χ0) is 48.4. The van der Waals surface area contributed by atoms with Gasteiger partial charge in [-0.25, -0.2) is 13.8 Å². The van der Waals surface area contributed by atoms with Crippen molar-refractivity contribution in [1.82, 2.24) is 40.4 Å². The summed E-state index contributed by atoms with van der Waals surface area (Å²) in [6.45, 7) is 13.7. The Kier molecular flexibility index (Phi) is 14.6. The average molecular weight is 987 g/mol. The smallest absolute Gasteiger partial charge is 0.254 e. The van der Waals surface area contributed by atoms with Crippen molar-refractivity contribution in [3.05, 3.63) is 115 Å². The molecule has 3 amide bonds. The third-order valence-electron chi connectivity index (χ3n) is 12.5. The number of fused-ring (bicyclic) bond motifs is 3. The number of aryl methyl sites for hydroxylation is 3. The van der Waals surface area contributed by atoms with Gasteiger partial charge in [0, 0.05) is 59.6 Å². The second-order valence-corrected chi connectivity index (χ2v) is 20.5. The molecule has 1 fully saturated rings. The number of alkyl halides is 2. The van der Waals surface area contributed by atoms with Crippen molar-refractivity contribution in [2.24, 2.45) is 16.8 Å². The fourth-order valence-electron chi connectivity index (χ4n) is 8.79. The molecule has 19 heteroatoms. The summed E-state index contributed by atoms with van der Waals surface area (Å²) < 4.78 is 43.5. The highest BCUT2D eigenvalue weighted by Crippen LogP contribution is 2.40. The van der Waals surface area contributed by atoms with Crippen LogP contribution in [0.5, 0.6) is 5.88 Å². The standard InChI is InChI=1S/C49H54ClF2N9O5S2/c1-26(2)41(47(64)60-24-27(3)20-37(60)46(63)54-23-32-8-10-34(11-9-32)44-29(5)55-25-67-44)38-22-40(59-66-38)65-19-17-49(51,52)16-18-53-39(62)21-36-45-58-57-31(7)61(45)48-42(28(4)30(6)68-48)43(56-36)33-12-14-35(50)15-13-33/h8-15,22,25-27,36-37,41H,16-21,23-24H2,1-7H3,(H,53,62)(H,54,63)/t27-,36+,37+,41-/m1/s1. The molecule has 0 bridgehead atoms. The molecule has 6 aromatic rings. The summed E-state index contributed by atoms with van der Waals surface area (Å²) in [7, 11) is 0. The van der Waals surface area contributed by atoms with Crippen LogP contribution in [0.25, 0.3) is 15.4 Å². The van der Waals surface area contributed by atoms with Crippen LogP contribution in [-0.2, 0) is 20.9 Å². The molecule has 0 aliphatic carbocycles. The molecule has 0 spiro atoms. The van der Waals surface area contributed by atoms with Crippen LogP contribution in [0.3, 0.4) is 0 Å². The second-order valence-electron chi connectivity index (χ2n) is 18.0. The molecular formula is C49H54ClF2N9O5S2. The fourth-order valence-corrected chi connectivity index (χ4v) is 10.9. The van der Waals surface area contributed by atoms with Gasteiger partial charge in [-0.1, -0.05) is 68.8 Å². The van der Waals surface area contributed by atoms with Gasteiger partial charge in [0.05, 0.1) is 34.8 Å². The summed E-state index contributed by atoms with van der Waals surface area (Å²) in [4.78, 5) is 54.4. The average Bonchev–Trinajstić information content (AvgIpc) is 4.14. The van der Waals surface area contributed by atoms with E-state index < -0.39 is 49.3 Å². The van der Waals surface area contributed by atoms with Gasteiger partial charge in [-0.05, 0) is 79.9 Å². The first-order valence-corrected chi connectivity index (χ1v) is 24.7. The Morgan fingerprint density at radius 1 is 1.00 bits per heavy atom. The van der Waals surface area contributed by atoms with Gasteiger partial charge in [-0.2, -0.15) is 0 Å². The van der Waals surface area contributed by atoms with Crippen molar-refractivity contribution < 1.29 is 32.4 Å². The summed E-state index contributed by atoms with van der Waals surface area (Å²) in [5.41, 5.74) is 8.25. The van der Waals surface area contributed by atoms with Gasteiger partial charge >= 0.3 is 0 Å². The number of halogens is 3. The quantitative estimate of drug-likeness (QED) is 0.0904. The van der Waals surface area contributed by atoms with E-state index in [2.05, 4.69) is 31.0 Å². The van der Waals surface area contributed by atoms with Crippen LogP contribution >= 0.6 is 34.3 Å². The topological polar surface area (TPSA) is 170 Å². The number of aliphatic imine (C=N–C) groups is 1. The van der Waals surface area contributed by atoms with E-state index in [1.54, 1.807) is 39.7 Å². The van der Waals surface area contributed by atoms with Crippen LogP contribution in [0.1, 0.15) is 109 Å². The molecule has 8 rings (SSSR count). The van der Waals surface area contributed by atoms with Crippen LogP contribution in [0.2, 0.25) is 5.02 Å². The maximum atomic E-state index is 15.2. The van der Waals surface area contributed by atoms with E-state index in [0.29, 0.717) is 41.9 Å². The zero-order valence-corrected chi connectivity index (χ0v) is 41.3. The van der Waals surface area contributed by atoms with E-state index in [1.165, 1.54) is 6.07 Å². The number of benzene rings is 2. The number of ether oxygens (including phenoxy) is 1. The Balaban J connectivity index is 0.837. The lowest BCUT2D eigenvalue weighted by Crippen LogP contribution is -2.47. The Morgan fingerprint density at radius 2 is 1.74 bits per heavy atom. The van der Waals surface area contributed by atoms with Gasteiger partial charge in [-0.15, -0.1) is 32.9 Å². The molecule has 4 aromatic heterocycles. The van der Waals surface area contributed by atoms with Crippen molar-refractivity contribution in [3.8, 4) is 21.3 Å². The second kappa shape index (κ2) is 20.4. The Hall–Kier alpha value is -5.85. The van der Waals surface area contributed by atoms with Crippen LogP contribution < -0.4 is 15.4 Å². The van der Waals surface area contributed by atoms with E-state index in [0.717, 1.165) is 48.3 Å². The fraction of sp³-hybridized carbons (Fsp3) is 0.429. The van der Waals surface area contributed by atoms with Crippen molar-refractivity contribution in [1.29, 1.82) is 0 Å². The zero-order valence-electron chi connectivity index (χ0n) is 38.9. The largest absolute Gasteiger partial charge is 0.475 e. The molecule has 2 N–H and O–H groups in total. The van der Waals surface area contributed by atoms with E-state index in [-0.39, 0.29) is 48.3 Å². The number of rotatable bonds is 17. The molecule has 68 heavy (non-hydrogen) atoms. The van der Waals surface area contributed by atoms with E-state index in [1.807, 2.05) is 94.9 Å². The molecule has 6 heterocycles. The lowest BCUT2D eigenvalue weighted by atomic mass is 9.91. The van der Waals surface area contributed by atoms with Gasteiger partial charge in [-0.3, -0.25) is 23.9 Å². The van der Waals surface area contributed by atoms with Crippen LogP contribution in [-0.4, -0.2) is 84.9 Å². The predicted octanol–water partition coefficient (Wildman–Crippen LogP) is 9.51. The van der Waals surface area contributed by atoms with Crippen LogP contribution in [0.15, 0.2) is 69.6 Å². The first-order chi connectivity index (χ1) is 32.5. The maximum Gasteiger partial charge on any atom is 0.254 e. The number of amides is 3. The summed E-state index contributed by atoms with van der Waals surface area (Å²) in [6, 6.07) is 15.3. The van der Waals surface area contributed by atoms with Crippen LogP contribution in [0.4, 0.5) is 8.78 Å². The summed E-state index contributed by atoms with van der Waals surface area (Å²) in [5.74, 6) is -3.80. The molecule has 0 radical (unpaired) electrons. The van der Waals surface area contributed by atoms with Gasteiger partial charge in [0.25, 0.3) is 11.8 Å². The van der Waals surface area contributed by atoms with Crippen molar-refractivity contribution >= 4 is 57.7 Å². The number of hydrogen-bond donors (Lipinski definition) is 2. The summed E-state index contributed by atoms with van der Waals surface area (Å²) in [5, 5.41) is 19.8. The number of nitrogens with one attached hydrogen (secondary N) is 2. The minimum Gasteiger partial charge on any atom is -0.475 e. The van der Waals surface area contributed by atoms with E-state index >= 15 is 8.78 Å². The lowest BCUT2D eigenvalue weighted by Gasteiger charge is -2.29. The molecule has 14 nitrogen and oxygen atoms in total. The van der Waals surface area contributed by atoms with Gasteiger partial charge in [0.15, 0.2) is 11.6 Å². The number of thiophene rings is 1. The van der Waals surface area contributed by atoms with Crippen molar-refractivity contribution in [2.75, 3.05) is 19.7 Å². The third-order valence-corrected chi connectivity index (χ3v) is 15.0. The maximum absolute atomic E-state index is 15.2. The van der Waals surface area contributed by atoms with Gasteiger partial charge in [0.2, 0.25) is 17.7 Å². The monoisotopic (exact) mass is 985 g/mol. The minimum atomic E-state index is -3.19. The Morgan fingerprint density at radius 3 is 2.44 bits per heavy atom. The Bertz CT molecular complexity index is 2820. The molecule has 2 aliphatic rings. The Labute approximate surface area is 406 Å². The molecule has 2 aromatic carbocycles. The SMILES string of the molecule is Cc1ncsc1-c1ccc(CNC(=O)[C@@H]2C[C@@H](C)CN2C(=O)[C@@H](c2cc(OCCC(F)(F)CCNC(=O)C[C@@H]3N=C(c4ccc(Cl)cc4)c4c(sc(C)c4C)-n4c(C)nnc43)no2)C(C)C)cc1. The predicted molar refractivity (Wildman–Crippen MR) is 258 cm³/mol. The van der Waals surface area contributed by atoms with Gasteiger partial charge < -0.3 is 24.8 Å². The summed E-state index contributed by atoms with van der Waals surface area (Å²) in [6.07, 6.45) is -0.917. The van der Waals surface area contributed by atoms with Gasteiger partial charge in [0.1, 0.15) is 28.8 Å². The minimum absolute atomic E-state index is 0.0344. The molecule has 0 unspecified atom stereocenters. The molecule has 358 valence electrons. The number of likely N-dealkylation sites (tertiary alicyclic amines) is 1. The molecule has 1 saturated heterocycles. The number of aromatic nitrogens is 5. The highest BCUT2D eigenvalue weighted by molar-refractivity contribution is 7.15. The molecule has 2 aliphatic heterocycles. The number of carbonyl (C=O) groups is 3.